The molecule has 0 spiro atoms. The summed E-state index contributed by atoms with van der Waals surface area (Å²) < 4.78 is 5.01. The number of ether oxygens (including phenoxy) is 1. The van der Waals surface area contributed by atoms with Gasteiger partial charge in [0.2, 0.25) is 0 Å². The van der Waals surface area contributed by atoms with Gasteiger partial charge in [0, 0.05) is 38.3 Å². The van der Waals surface area contributed by atoms with Crippen LogP contribution in [0.4, 0.5) is 4.79 Å². The van der Waals surface area contributed by atoms with Gasteiger partial charge in [-0.3, -0.25) is 10.00 Å². The summed E-state index contributed by atoms with van der Waals surface area (Å²) in [7, 11) is 0. The average Bonchev–Trinajstić information content (AvgIpc) is 3.13. The topological polar surface area (TPSA) is 98.8 Å². The van der Waals surface area contributed by atoms with Crippen LogP contribution in [0.2, 0.25) is 0 Å². The van der Waals surface area contributed by atoms with E-state index < -0.39 is 6.09 Å². The Morgan fingerprint density at radius 3 is 2.64 bits per heavy atom. The highest BCUT2D eigenvalue weighted by molar-refractivity contribution is 5.88. The van der Waals surface area contributed by atoms with Gasteiger partial charge in [0.1, 0.15) is 5.69 Å². The minimum absolute atomic E-state index is 0.330. The molecular weight excluding hydrogens is 288 g/mol. The molecule has 22 heavy (non-hydrogen) atoms. The Hall–Kier alpha value is -2.09. The second kappa shape index (κ2) is 5.96. The summed E-state index contributed by atoms with van der Waals surface area (Å²) in [6.07, 6.45) is 0.824. The van der Waals surface area contributed by atoms with Gasteiger partial charge >= 0.3 is 12.1 Å². The first-order valence-corrected chi connectivity index (χ1v) is 7.48. The molecule has 2 saturated heterocycles. The van der Waals surface area contributed by atoms with Crippen molar-refractivity contribution < 1.29 is 19.4 Å². The van der Waals surface area contributed by atoms with E-state index in [2.05, 4.69) is 15.1 Å². The van der Waals surface area contributed by atoms with E-state index >= 15 is 0 Å². The predicted molar refractivity (Wildman–Crippen MR) is 76.4 cm³/mol. The van der Waals surface area contributed by atoms with E-state index in [0.717, 1.165) is 18.7 Å². The molecule has 3 rings (SSSR count). The highest BCUT2D eigenvalue weighted by atomic mass is 16.5. The number of hydrogen-bond donors (Lipinski definition) is 2. The van der Waals surface area contributed by atoms with Crippen LogP contribution in [-0.2, 0) is 11.3 Å². The van der Waals surface area contributed by atoms with Crippen molar-refractivity contribution in [2.45, 2.75) is 13.5 Å². The molecule has 2 aliphatic heterocycles. The lowest BCUT2D eigenvalue weighted by molar-refractivity contribution is 0.0517. The predicted octanol–water partition coefficient (Wildman–Crippen LogP) is 0.628. The third kappa shape index (κ3) is 2.78. The highest BCUT2D eigenvalue weighted by Gasteiger charge is 2.41. The van der Waals surface area contributed by atoms with Gasteiger partial charge in [-0.05, 0) is 18.8 Å². The molecular formula is C14H20N4O4. The fourth-order valence-corrected chi connectivity index (χ4v) is 3.43. The van der Waals surface area contributed by atoms with Crippen LogP contribution in [0.3, 0.4) is 0 Å². The molecule has 1 aromatic heterocycles. The minimum Gasteiger partial charge on any atom is -0.465 e. The molecule has 120 valence electrons. The number of carbonyl (C=O) groups excluding carboxylic acids is 1. The lowest BCUT2D eigenvalue weighted by Gasteiger charge is -2.19. The Kier molecular flexibility index (Phi) is 4.02. The van der Waals surface area contributed by atoms with Crippen LogP contribution in [-0.4, -0.2) is 70.0 Å². The Bertz CT molecular complexity index is 559. The standard InChI is InChI=1S/C14H20N4O4/c1-2-22-13(19)12-9(3-15-16-12)4-17-5-10-7-18(14(20)21)8-11(10)6-17/h3,10-11H,2,4-8H2,1H3,(H,15,16)(H,20,21). The van der Waals surface area contributed by atoms with Crippen LogP contribution in [0.5, 0.6) is 0 Å². The average molecular weight is 308 g/mol. The maximum atomic E-state index is 11.8. The third-order valence-corrected chi connectivity index (χ3v) is 4.42. The largest absolute Gasteiger partial charge is 0.465 e. The summed E-state index contributed by atoms with van der Waals surface area (Å²) in [6, 6.07) is 0. The maximum Gasteiger partial charge on any atom is 0.407 e. The highest BCUT2D eigenvalue weighted by Crippen LogP contribution is 2.32. The Labute approximate surface area is 128 Å². The Morgan fingerprint density at radius 1 is 1.36 bits per heavy atom. The van der Waals surface area contributed by atoms with E-state index in [-0.39, 0.29) is 5.97 Å². The Morgan fingerprint density at radius 2 is 2.05 bits per heavy atom. The minimum atomic E-state index is -0.833. The number of carbonyl (C=O) groups is 2. The molecule has 1 amide bonds. The number of likely N-dealkylation sites (tertiary alicyclic amines) is 2. The van der Waals surface area contributed by atoms with Gasteiger partial charge in [0.25, 0.3) is 0 Å². The number of nitrogens with zero attached hydrogens (tertiary/aromatic N) is 3. The van der Waals surface area contributed by atoms with Crippen LogP contribution in [0.15, 0.2) is 6.20 Å². The second-order valence-corrected chi connectivity index (χ2v) is 5.89. The lowest BCUT2D eigenvalue weighted by Crippen LogP contribution is -2.32. The van der Waals surface area contributed by atoms with Crippen molar-refractivity contribution in [2.24, 2.45) is 11.8 Å². The summed E-state index contributed by atoms with van der Waals surface area (Å²) in [5.41, 5.74) is 1.24. The zero-order valence-corrected chi connectivity index (χ0v) is 12.5. The maximum absolute atomic E-state index is 11.8. The molecule has 1 aromatic rings. The number of hydrogen-bond acceptors (Lipinski definition) is 5. The fourth-order valence-electron chi connectivity index (χ4n) is 3.43. The number of amides is 1. The van der Waals surface area contributed by atoms with Crippen molar-refractivity contribution in [1.29, 1.82) is 0 Å². The molecule has 0 radical (unpaired) electrons. The summed E-state index contributed by atoms with van der Waals surface area (Å²) in [5, 5.41) is 15.7. The van der Waals surface area contributed by atoms with Crippen molar-refractivity contribution in [3.63, 3.8) is 0 Å². The molecule has 2 fully saturated rings. The van der Waals surface area contributed by atoms with Gasteiger partial charge in [0.15, 0.2) is 0 Å². The number of carboxylic acid groups (broad SMARTS) is 1. The van der Waals surface area contributed by atoms with E-state index in [1.807, 2.05) is 0 Å². The van der Waals surface area contributed by atoms with Crippen LogP contribution >= 0.6 is 0 Å². The summed E-state index contributed by atoms with van der Waals surface area (Å²) in [4.78, 5) is 26.6. The molecule has 2 N–H and O–H groups in total. The quantitative estimate of drug-likeness (QED) is 0.792. The molecule has 8 heteroatoms. The molecule has 3 heterocycles. The number of nitrogens with one attached hydrogen (secondary N) is 1. The number of aromatic amines is 1. The van der Waals surface area contributed by atoms with Crippen molar-refractivity contribution >= 4 is 12.1 Å². The van der Waals surface area contributed by atoms with E-state index in [1.54, 1.807) is 13.1 Å². The normalized spacial score (nSPS) is 24.5. The van der Waals surface area contributed by atoms with Gasteiger partial charge in [0.05, 0.1) is 12.8 Å². The number of aromatic nitrogens is 2. The molecule has 2 atom stereocenters. The number of esters is 1. The van der Waals surface area contributed by atoms with Crippen LogP contribution < -0.4 is 0 Å². The van der Waals surface area contributed by atoms with E-state index in [4.69, 9.17) is 9.84 Å². The zero-order chi connectivity index (χ0) is 15.7. The lowest BCUT2D eigenvalue weighted by atomic mass is 10.0. The molecule has 2 aliphatic rings. The second-order valence-electron chi connectivity index (χ2n) is 5.89. The number of fused-ring (bicyclic) bond motifs is 1. The van der Waals surface area contributed by atoms with Crippen molar-refractivity contribution in [1.82, 2.24) is 20.0 Å². The van der Waals surface area contributed by atoms with Crippen LogP contribution in [0.25, 0.3) is 0 Å². The SMILES string of the molecule is CCOC(=O)c1[nH]ncc1CN1CC2CN(C(=O)O)CC2C1. The van der Waals surface area contributed by atoms with Gasteiger partial charge in [-0.25, -0.2) is 9.59 Å². The van der Waals surface area contributed by atoms with Crippen LogP contribution in [0, 0.1) is 11.8 Å². The first-order valence-electron chi connectivity index (χ1n) is 7.48. The fraction of sp³-hybridized carbons (Fsp3) is 0.643. The zero-order valence-electron chi connectivity index (χ0n) is 12.5. The van der Waals surface area contributed by atoms with E-state index in [0.29, 0.717) is 43.8 Å². The molecule has 8 nitrogen and oxygen atoms in total. The number of H-pyrrole nitrogens is 1. The van der Waals surface area contributed by atoms with Crippen molar-refractivity contribution in [3.05, 3.63) is 17.5 Å². The molecule has 2 unspecified atom stereocenters. The number of rotatable bonds is 4. The third-order valence-electron chi connectivity index (χ3n) is 4.42. The van der Waals surface area contributed by atoms with Gasteiger partial charge < -0.3 is 14.7 Å². The van der Waals surface area contributed by atoms with E-state index in [9.17, 15) is 9.59 Å². The van der Waals surface area contributed by atoms with Crippen LogP contribution in [0.1, 0.15) is 23.0 Å². The first kappa shape index (κ1) is 14.8. The monoisotopic (exact) mass is 308 g/mol. The molecule has 0 aromatic carbocycles. The molecule has 0 saturated carbocycles. The van der Waals surface area contributed by atoms with Gasteiger partial charge in [-0.2, -0.15) is 5.10 Å². The molecule has 0 aliphatic carbocycles. The smallest absolute Gasteiger partial charge is 0.407 e. The summed E-state index contributed by atoms with van der Waals surface area (Å²) >= 11 is 0. The van der Waals surface area contributed by atoms with Crippen molar-refractivity contribution in [2.75, 3.05) is 32.8 Å². The van der Waals surface area contributed by atoms with Crippen molar-refractivity contribution in [3.8, 4) is 0 Å². The summed E-state index contributed by atoms with van der Waals surface area (Å²) in [5.74, 6) is 0.384. The Balaban J connectivity index is 1.60. The summed E-state index contributed by atoms with van der Waals surface area (Å²) in [6.45, 7) is 5.63. The van der Waals surface area contributed by atoms with Gasteiger partial charge in [-0.1, -0.05) is 0 Å². The van der Waals surface area contributed by atoms with E-state index in [1.165, 1.54) is 4.90 Å². The van der Waals surface area contributed by atoms with Gasteiger partial charge in [-0.15, -0.1) is 0 Å². The molecule has 0 bridgehead atoms. The first-order chi connectivity index (χ1) is 10.6.